The summed E-state index contributed by atoms with van der Waals surface area (Å²) in [5.41, 5.74) is 7.13. The molecule has 1 aliphatic rings. The van der Waals surface area contributed by atoms with Gasteiger partial charge in [-0.3, -0.25) is 0 Å². The van der Waals surface area contributed by atoms with Gasteiger partial charge in [0.25, 0.3) is 0 Å². The van der Waals surface area contributed by atoms with Crippen molar-refractivity contribution in [3.63, 3.8) is 0 Å². The van der Waals surface area contributed by atoms with Gasteiger partial charge >= 0.3 is 0 Å². The molecular formula is C13H19N3. The van der Waals surface area contributed by atoms with Gasteiger partial charge in [-0.25, -0.2) is 4.98 Å². The van der Waals surface area contributed by atoms with Crippen LogP contribution in [0.1, 0.15) is 44.2 Å². The van der Waals surface area contributed by atoms with Crippen molar-refractivity contribution in [2.45, 2.75) is 45.1 Å². The minimum atomic E-state index is 0.515. The van der Waals surface area contributed by atoms with E-state index in [1.54, 1.807) is 6.33 Å². The quantitative estimate of drug-likeness (QED) is 0.773. The summed E-state index contributed by atoms with van der Waals surface area (Å²) < 4.78 is 1.86. The number of anilines is 1. The number of aromatic nitrogens is 2. The zero-order valence-electron chi connectivity index (χ0n) is 9.82. The minimum Gasteiger partial charge on any atom is -0.384 e. The van der Waals surface area contributed by atoms with Crippen LogP contribution in [-0.4, -0.2) is 9.55 Å². The van der Waals surface area contributed by atoms with Crippen molar-refractivity contribution in [1.82, 2.24) is 9.55 Å². The molecule has 86 valence electrons. The first-order chi connectivity index (χ1) is 7.72. The second kappa shape index (κ2) is 4.61. The van der Waals surface area contributed by atoms with Crippen LogP contribution in [0.3, 0.4) is 0 Å². The molecule has 0 aliphatic heterocycles. The molecule has 2 rings (SSSR count). The molecule has 16 heavy (non-hydrogen) atoms. The summed E-state index contributed by atoms with van der Waals surface area (Å²) >= 11 is 0. The molecule has 1 heterocycles. The van der Waals surface area contributed by atoms with E-state index in [-0.39, 0.29) is 0 Å². The normalized spacial score (nSPS) is 25.2. The van der Waals surface area contributed by atoms with Gasteiger partial charge in [0.2, 0.25) is 0 Å². The minimum absolute atomic E-state index is 0.515. The summed E-state index contributed by atoms with van der Waals surface area (Å²) in [7, 11) is 0. The molecule has 1 aromatic heterocycles. The average molecular weight is 217 g/mol. The Bertz CT molecular complexity index is 400. The van der Waals surface area contributed by atoms with Crippen LogP contribution in [0, 0.1) is 18.3 Å². The van der Waals surface area contributed by atoms with Crippen LogP contribution < -0.4 is 5.73 Å². The van der Waals surface area contributed by atoms with Crippen molar-refractivity contribution >= 4 is 5.82 Å². The molecule has 3 nitrogen and oxygen atoms in total. The van der Waals surface area contributed by atoms with E-state index >= 15 is 0 Å². The third kappa shape index (κ3) is 2.06. The number of nitrogens with two attached hydrogens (primary N) is 1. The molecule has 3 heteroatoms. The summed E-state index contributed by atoms with van der Waals surface area (Å²) in [5, 5.41) is 0. The molecule has 0 spiro atoms. The first-order valence-corrected chi connectivity index (χ1v) is 5.96. The molecule has 0 bridgehead atoms. The Morgan fingerprint density at radius 3 is 3.12 bits per heavy atom. The lowest BCUT2D eigenvalue weighted by molar-refractivity contribution is 0.341. The van der Waals surface area contributed by atoms with Crippen molar-refractivity contribution in [3.05, 3.63) is 12.0 Å². The maximum Gasteiger partial charge on any atom is 0.127 e. The monoisotopic (exact) mass is 217 g/mol. The van der Waals surface area contributed by atoms with Gasteiger partial charge in [0.15, 0.2) is 0 Å². The topological polar surface area (TPSA) is 43.8 Å². The summed E-state index contributed by atoms with van der Waals surface area (Å²) in [5.74, 6) is 4.67. The molecule has 0 saturated heterocycles. The first-order valence-electron chi connectivity index (χ1n) is 5.96. The molecule has 0 radical (unpaired) electrons. The van der Waals surface area contributed by atoms with Crippen LogP contribution in [0.4, 0.5) is 5.82 Å². The lowest BCUT2D eigenvalue weighted by Crippen LogP contribution is -2.14. The Kier molecular flexibility index (Phi) is 3.19. The van der Waals surface area contributed by atoms with Crippen LogP contribution in [-0.2, 0) is 6.54 Å². The molecule has 0 amide bonds. The van der Waals surface area contributed by atoms with Gasteiger partial charge in [-0.15, -0.1) is 6.42 Å². The van der Waals surface area contributed by atoms with E-state index in [9.17, 15) is 0 Å². The fraction of sp³-hybridized carbons (Fsp3) is 0.615. The number of rotatable bonds is 2. The average Bonchev–Trinajstić information content (AvgIpc) is 2.61. The highest BCUT2D eigenvalue weighted by atomic mass is 15.1. The van der Waals surface area contributed by atoms with Gasteiger partial charge in [0, 0.05) is 5.92 Å². The van der Waals surface area contributed by atoms with Crippen LogP contribution in [0.25, 0.3) is 0 Å². The predicted molar refractivity (Wildman–Crippen MR) is 65.8 cm³/mol. The molecule has 1 aliphatic carbocycles. The first kappa shape index (κ1) is 11.1. The standard InChI is InChI=1S/C13H19N3/c1-3-7-16-9-15-12(13(16)14)11-6-4-5-10(2)8-11/h1,9-11H,4-8,14H2,2H3. The number of hydrogen-bond donors (Lipinski definition) is 1. The van der Waals surface area contributed by atoms with Gasteiger partial charge in [-0.05, 0) is 18.8 Å². The largest absolute Gasteiger partial charge is 0.384 e. The van der Waals surface area contributed by atoms with Crippen molar-refractivity contribution in [2.24, 2.45) is 5.92 Å². The van der Waals surface area contributed by atoms with E-state index in [1.807, 2.05) is 4.57 Å². The highest BCUT2D eigenvalue weighted by molar-refractivity contribution is 5.39. The molecule has 2 N–H and O–H groups in total. The number of imidazole rings is 1. The Morgan fingerprint density at radius 2 is 2.44 bits per heavy atom. The summed E-state index contributed by atoms with van der Waals surface area (Å²) in [6.07, 6.45) is 12.1. The van der Waals surface area contributed by atoms with Crippen molar-refractivity contribution < 1.29 is 0 Å². The SMILES string of the molecule is C#CCn1cnc(C2CCCC(C)C2)c1N. The van der Waals surface area contributed by atoms with Gasteiger partial charge in [-0.1, -0.05) is 25.7 Å². The summed E-state index contributed by atoms with van der Waals surface area (Å²) in [6.45, 7) is 2.82. The number of terminal acetylenes is 1. The van der Waals surface area contributed by atoms with E-state index in [4.69, 9.17) is 12.2 Å². The molecule has 1 fully saturated rings. The van der Waals surface area contributed by atoms with Crippen molar-refractivity contribution in [3.8, 4) is 12.3 Å². The van der Waals surface area contributed by atoms with Gasteiger partial charge in [-0.2, -0.15) is 0 Å². The fourth-order valence-electron chi connectivity index (χ4n) is 2.63. The third-order valence-electron chi connectivity index (χ3n) is 3.49. The molecule has 1 saturated carbocycles. The number of nitrogens with zero attached hydrogens (tertiary/aromatic N) is 2. The predicted octanol–water partition coefficient (Wildman–Crippen LogP) is 2.39. The van der Waals surface area contributed by atoms with Crippen LogP contribution >= 0.6 is 0 Å². The van der Waals surface area contributed by atoms with Crippen molar-refractivity contribution in [1.29, 1.82) is 0 Å². The smallest absolute Gasteiger partial charge is 0.127 e. The third-order valence-corrected chi connectivity index (χ3v) is 3.49. The van der Waals surface area contributed by atoms with E-state index in [2.05, 4.69) is 17.8 Å². The Morgan fingerprint density at radius 1 is 1.62 bits per heavy atom. The Hall–Kier alpha value is -1.43. The maximum atomic E-state index is 6.07. The second-order valence-electron chi connectivity index (χ2n) is 4.82. The second-order valence-corrected chi connectivity index (χ2v) is 4.82. The molecule has 2 atom stereocenters. The number of nitrogen functional groups attached to an aromatic ring is 1. The molecular weight excluding hydrogens is 198 g/mol. The van der Waals surface area contributed by atoms with Crippen LogP contribution in [0.5, 0.6) is 0 Å². The lowest BCUT2D eigenvalue weighted by atomic mass is 9.81. The van der Waals surface area contributed by atoms with E-state index < -0.39 is 0 Å². The summed E-state index contributed by atoms with van der Waals surface area (Å²) in [4.78, 5) is 4.43. The van der Waals surface area contributed by atoms with E-state index in [1.165, 1.54) is 25.7 Å². The van der Waals surface area contributed by atoms with Crippen molar-refractivity contribution in [2.75, 3.05) is 5.73 Å². The maximum absolute atomic E-state index is 6.07. The lowest BCUT2D eigenvalue weighted by Gasteiger charge is -2.25. The molecule has 1 aromatic rings. The van der Waals surface area contributed by atoms with Crippen LogP contribution in [0.15, 0.2) is 6.33 Å². The highest BCUT2D eigenvalue weighted by Crippen LogP contribution is 2.37. The van der Waals surface area contributed by atoms with E-state index in [0.717, 1.165) is 17.4 Å². The zero-order valence-corrected chi connectivity index (χ0v) is 9.82. The highest BCUT2D eigenvalue weighted by Gasteiger charge is 2.24. The Labute approximate surface area is 97.1 Å². The van der Waals surface area contributed by atoms with Gasteiger partial charge in [0.05, 0.1) is 18.6 Å². The van der Waals surface area contributed by atoms with Crippen LogP contribution in [0.2, 0.25) is 0 Å². The molecule has 2 unspecified atom stereocenters. The van der Waals surface area contributed by atoms with Gasteiger partial charge < -0.3 is 10.3 Å². The fourth-order valence-corrected chi connectivity index (χ4v) is 2.63. The van der Waals surface area contributed by atoms with Gasteiger partial charge in [0.1, 0.15) is 5.82 Å². The van der Waals surface area contributed by atoms with E-state index in [0.29, 0.717) is 12.5 Å². The molecule has 0 aromatic carbocycles. The number of hydrogen-bond acceptors (Lipinski definition) is 2. The summed E-state index contributed by atoms with van der Waals surface area (Å²) in [6, 6.07) is 0. The zero-order chi connectivity index (χ0) is 11.5. The Balaban J connectivity index is 2.17.